The smallest absolute Gasteiger partial charge is 0.257 e. The van der Waals surface area contributed by atoms with E-state index in [1.54, 1.807) is 10.9 Å². The van der Waals surface area contributed by atoms with Crippen molar-refractivity contribution in [3.63, 3.8) is 0 Å². The molecule has 1 fully saturated rings. The van der Waals surface area contributed by atoms with Gasteiger partial charge < -0.3 is 10.0 Å². The number of carbonyl (C=O) groups excluding carboxylic acids is 1. The number of halogens is 1. The number of β-amino-alcohol motifs (C(OH)–C–C–N with tert-alkyl or cyclic N) is 1. The van der Waals surface area contributed by atoms with Crippen molar-refractivity contribution in [3.05, 3.63) is 41.7 Å². The lowest BCUT2D eigenvalue weighted by Gasteiger charge is -2.38. The Bertz CT molecular complexity index is 748. The average molecular weight is 333 g/mol. The first-order valence-corrected chi connectivity index (χ1v) is 7.94. The van der Waals surface area contributed by atoms with Crippen LogP contribution in [0, 0.1) is 5.82 Å². The summed E-state index contributed by atoms with van der Waals surface area (Å²) in [5, 5.41) is 19.0. The fraction of sp³-hybridized carbons (Fsp3) is 0.500. The minimum absolute atomic E-state index is 0.0416. The Morgan fingerprint density at radius 2 is 2.25 bits per heavy atom. The summed E-state index contributed by atoms with van der Waals surface area (Å²) in [7, 11) is 0. The van der Waals surface area contributed by atoms with E-state index >= 15 is 0 Å². The van der Waals surface area contributed by atoms with Gasteiger partial charge in [-0.2, -0.15) is 0 Å². The lowest BCUT2D eigenvalue weighted by molar-refractivity contribution is -0.0322. The topological polar surface area (TPSA) is 84.1 Å². The molecule has 3 heterocycles. The second-order valence-corrected chi connectivity index (χ2v) is 6.39. The summed E-state index contributed by atoms with van der Waals surface area (Å²) in [5.74, 6) is -1.12. The molecule has 0 saturated carbocycles. The van der Waals surface area contributed by atoms with Crippen LogP contribution in [0.15, 0.2) is 24.7 Å². The molecule has 8 heteroatoms. The van der Waals surface area contributed by atoms with Crippen molar-refractivity contribution in [2.24, 2.45) is 0 Å². The van der Waals surface area contributed by atoms with E-state index in [4.69, 9.17) is 0 Å². The molecule has 0 bridgehead atoms. The van der Waals surface area contributed by atoms with E-state index in [-0.39, 0.29) is 18.2 Å². The van der Waals surface area contributed by atoms with Crippen LogP contribution in [0.3, 0.4) is 0 Å². The molecule has 2 aromatic heterocycles. The van der Waals surface area contributed by atoms with Crippen LogP contribution in [0.1, 0.15) is 48.8 Å². The maximum atomic E-state index is 13.8. The highest BCUT2D eigenvalue weighted by atomic mass is 19.1. The van der Waals surface area contributed by atoms with Crippen molar-refractivity contribution in [2.45, 2.75) is 38.3 Å². The van der Waals surface area contributed by atoms with Crippen LogP contribution in [-0.4, -0.2) is 49.0 Å². The summed E-state index contributed by atoms with van der Waals surface area (Å²) in [4.78, 5) is 17.7. The van der Waals surface area contributed by atoms with E-state index in [2.05, 4.69) is 15.3 Å². The second kappa shape index (κ2) is 6.27. The van der Waals surface area contributed by atoms with Gasteiger partial charge in [-0.3, -0.25) is 9.78 Å². The summed E-state index contributed by atoms with van der Waals surface area (Å²) in [6, 6.07) is 1.47. The fourth-order valence-electron chi connectivity index (χ4n) is 2.88. The molecule has 0 aromatic carbocycles. The van der Waals surface area contributed by atoms with Crippen molar-refractivity contribution in [3.8, 4) is 0 Å². The normalized spacial score (nSPS) is 21.3. The molecular formula is C16H20FN5O2. The predicted octanol–water partition coefficient (Wildman–Crippen LogP) is 1.52. The number of piperidine rings is 1. The summed E-state index contributed by atoms with van der Waals surface area (Å²) >= 11 is 0. The zero-order valence-electron chi connectivity index (χ0n) is 13.7. The van der Waals surface area contributed by atoms with Gasteiger partial charge in [0.05, 0.1) is 24.5 Å². The predicted molar refractivity (Wildman–Crippen MR) is 83.6 cm³/mol. The number of nitrogens with zero attached hydrogens (tertiary/aromatic N) is 5. The van der Waals surface area contributed by atoms with Gasteiger partial charge in [0.15, 0.2) is 5.82 Å². The lowest BCUT2D eigenvalue weighted by Crippen LogP contribution is -2.49. The van der Waals surface area contributed by atoms with Gasteiger partial charge in [0.25, 0.3) is 5.91 Å². The fourth-order valence-corrected chi connectivity index (χ4v) is 2.88. The Morgan fingerprint density at radius 1 is 1.46 bits per heavy atom. The van der Waals surface area contributed by atoms with E-state index in [1.807, 2.05) is 13.8 Å². The van der Waals surface area contributed by atoms with Gasteiger partial charge >= 0.3 is 0 Å². The average Bonchev–Trinajstić information content (AvgIpc) is 3.06. The third kappa shape index (κ3) is 3.01. The number of likely N-dealkylation sites (tertiary alicyclic amines) is 1. The van der Waals surface area contributed by atoms with E-state index in [0.717, 1.165) is 6.20 Å². The van der Waals surface area contributed by atoms with Crippen LogP contribution in [0.2, 0.25) is 0 Å². The first-order valence-electron chi connectivity index (χ1n) is 7.94. The molecule has 0 aliphatic carbocycles. The highest BCUT2D eigenvalue weighted by Crippen LogP contribution is 2.31. The van der Waals surface area contributed by atoms with Gasteiger partial charge in [0.1, 0.15) is 11.3 Å². The molecule has 1 atom stereocenters. The SMILES string of the molecule is CC(C)n1cc(C2(O)CCCN(C(=O)c3ccncc3F)C2)nn1. The molecule has 24 heavy (non-hydrogen) atoms. The third-order valence-electron chi connectivity index (χ3n) is 4.28. The minimum Gasteiger partial charge on any atom is -0.382 e. The molecule has 0 radical (unpaired) electrons. The van der Waals surface area contributed by atoms with E-state index in [1.165, 1.54) is 17.2 Å². The highest BCUT2D eigenvalue weighted by molar-refractivity contribution is 5.94. The number of aromatic nitrogens is 4. The zero-order chi connectivity index (χ0) is 17.3. The molecule has 7 nitrogen and oxygen atoms in total. The van der Waals surface area contributed by atoms with E-state index in [0.29, 0.717) is 25.1 Å². The van der Waals surface area contributed by atoms with Crippen LogP contribution in [0.5, 0.6) is 0 Å². The van der Waals surface area contributed by atoms with Crippen LogP contribution in [-0.2, 0) is 5.60 Å². The van der Waals surface area contributed by atoms with Crippen molar-refractivity contribution < 1.29 is 14.3 Å². The van der Waals surface area contributed by atoms with Crippen molar-refractivity contribution in [1.29, 1.82) is 0 Å². The Kier molecular flexibility index (Phi) is 4.31. The number of hydrogen-bond acceptors (Lipinski definition) is 5. The largest absolute Gasteiger partial charge is 0.382 e. The number of aliphatic hydroxyl groups is 1. The summed E-state index contributed by atoms with van der Waals surface area (Å²) < 4.78 is 15.5. The molecule has 2 aromatic rings. The lowest BCUT2D eigenvalue weighted by atomic mass is 9.89. The van der Waals surface area contributed by atoms with E-state index in [9.17, 15) is 14.3 Å². The van der Waals surface area contributed by atoms with Gasteiger partial charge in [-0.1, -0.05) is 5.21 Å². The summed E-state index contributed by atoms with van der Waals surface area (Å²) in [5.41, 5.74) is -0.881. The first-order chi connectivity index (χ1) is 11.4. The van der Waals surface area contributed by atoms with Gasteiger partial charge in [-0.15, -0.1) is 5.10 Å². The van der Waals surface area contributed by atoms with E-state index < -0.39 is 17.3 Å². The molecule has 1 aliphatic rings. The molecular weight excluding hydrogens is 313 g/mol. The van der Waals surface area contributed by atoms with Gasteiger partial charge in [0, 0.05) is 18.8 Å². The van der Waals surface area contributed by atoms with Crippen molar-refractivity contribution in [2.75, 3.05) is 13.1 Å². The molecule has 128 valence electrons. The molecule has 3 rings (SSSR count). The standard InChI is InChI=1S/C16H20FN5O2/c1-11(2)22-9-14(19-20-22)16(24)5-3-7-21(10-16)15(23)12-4-6-18-8-13(12)17/h4,6,8-9,11,24H,3,5,7,10H2,1-2H3. The minimum atomic E-state index is -1.27. The van der Waals surface area contributed by atoms with Crippen LogP contribution >= 0.6 is 0 Å². The zero-order valence-corrected chi connectivity index (χ0v) is 13.7. The van der Waals surface area contributed by atoms with Crippen LogP contribution in [0.25, 0.3) is 0 Å². The Labute approximate surface area is 139 Å². The molecule has 1 N–H and O–H groups in total. The van der Waals surface area contributed by atoms with Gasteiger partial charge in [-0.25, -0.2) is 9.07 Å². The monoisotopic (exact) mass is 333 g/mol. The molecule has 1 unspecified atom stereocenters. The van der Waals surface area contributed by atoms with Gasteiger partial charge in [0.2, 0.25) is 0 Å². The number of rotatable bonds is 3. The molecule has 1 aliphatic heterocycles. The van der Waals surface area contributed by atoms with Crippen molar-refractivity contribution in [1.82, 2.24) is 24.9 Å². The number of pyridine rings is 1. The highest BCUT2D eigenvalue weighted by Gasteiger charge is 2.39. The third-order valence-corrected chi connectivity index (χ3v) is 4.28. The number of carbonyl (C=O) groups is 1. The Morgan fingerprint density at radius 3 is 2.92 bits per heavy atom. The van der Waals surface area contributed by atoms with Gasteiger partial charge in [-0.05, 0) is 32.8 Å². The molecule has 0 spiro atoms. The Balaban J connectivity index is 1.83. The van der Waals surface area contributed by atoms with Crippen LogP contribution in [0.4, 0.5) is 4.39 Å². The molecule has 1 amide bonds. The quantitative estimate of drug-likeness (QED) is 0.920. The number of amides is 1. The first kappa shape index (κ1) is 16.5. The summed E-state index contributed by atoms with van der Waals surface area (Å²) in [6.07, 6.45) is 5.17. The maximum Gasteiger partial charge on any atom is 0.257 e. The maximum absolute atomic E-state index is 13.8. The van der Waals surface area contributed by atoms with Crippen molar-refractivity contribution >= 4 is 5.91 Å². The number of hydrogen-bond donors (Lipinski definition) is 1. The summed E-state index contributed by atoms with van der Waals surface area (Å²) in [6.45, 7) is 4.45. The molecule has 1 saturated heterocycles. The second-order valence-electron chi connectivity index (χ2n) is 6.39. The van der Waals surface area contributed by atoms with Crippen LogP contribution < -0.4 is 0 Å². The Hall–Kier alpha value is -2.35.